The Balaban J connectivity index is 2.10. The Bertz CT molecular complexity index is 608. The normalized spacial score (nSPS) is 17.9. The third-order valence-electron chi connectivity index (χ3n) is 2.48. The Morgan fingerprint density at radius 2 is 2.10 bits per heavy atom. The number of rotatable bonds is 4. The third-order valence-corrected chi connectivity index (χ3v) is 3.39. The quantitative estimate of drug-likeness (QED) is 0.680. The lowest BCUT2D eigenvalue weighted by molar-refractivity contribution is -0.135. The highest BCUT2D eigenvalue weighted by molar-refractivity contribution is 8.18. The van der Waals surface area contributed by atoms with E-state index in [1.54, 1.807) is 24.3 Å². The summed E-state index contributed by atoms with van der Waals surface area (Å²) in [7, 11) is 1.26. The van der Waals surface area contributed by atoms with Gasteiger partial charge in [0.15, 0.2) is 5.17 Å². The van der Waals surface area contributed by atoms with Crippen LogP contribution in [-0.2, 0) is 14.3 Å². The van der Waals surface area contributed by atoms with E-state index in [2.05, 4.69) is 15.0 Å². The summed E-state index contributed by atoms with van der Waals surface area (Å²) >= 11 is 1.09. The maximum atomic E-state index is 11.7. The van der Waals surface area contributed by atoms with Crippen molar-refractivity contribution in [1.29, 1.82) is 0 Å². The van der Waals surface area contributed by atoms with Gasteiger partial charge in [0.05, 0.1) is 24.3 Å². The molecule has 0 radical (unpaired) electrons. The molecule has 1 saturated heterocycles. The largest absolute Gasteiger partial charge is 0.494 e. The molecule has 0 saturated carbocycles. The number of hydrogen-bond donors (Lipinski definition) is 1. The van der Waals surface area contributed by atoms with Gasteiger partial charge in [0, 0.05) is 6.08 Å². The van der Waals surface area contributed by atoms with E-state index in [-0.39, 0.29) is 10.8 Å². The van der Waals surface area contributed by atoms with Crippen LogP contribution in [0.1, 0.15) is 6.92 Å². The van der Waals surface area contributed by atoms with Gasteiger partial charge in [0.1, 0.15) is 5.75 Å². The number of amides is 1. The topological polar surface area (TPSA) is 77.0 Å². The highest BCUT2D eigenvalue weighted by Crippen LogP contribution is 2.26. The second-order valence-corrected chi connectivity index (χ2v) is 4.96. The van der Waals surface area contributed by atoms with Crippen molar-refractivity contribution in [2.45, 2.75) is 6.92 Å². The molecule has 1 aromatic rings. The number of methoxy groups -OCH3 is 1. The Morgan fingerprint density at radius 1 is 1.38 bits per heavy atom. The summed E-state index contributed by atoms with van der Waals surface area (Å²) in [5, 5.41) is 3.00. The van der Waals surface area contributed by atoms with E-state index in [4.69, 9.17) is 4.74 Å². The zero-order chi connectivity index (χ0) is 15.2. The highest BCUT2D eigenvalue weighted by Gasteiger charge is 2.24. The Kier molecular flexibility index (Phi) is 4.99. The molecule has 1 amide bonds. The van der Waals surface area contributed by atoms with Gasteiger partial charge in [-0.3, -0.25) is 4.79 Å². The van der Waals surface area contributed by atoms with Gasteiger partial charge in [-0.1, -0.05) is 0 Å². The van der Waals surface area contributed by atoms with Crippen LogP contribution in [0.4, 0.5) is 5.69 Å². The monoisotopic (exact) mass is 306 g/mol. The van der Waals surface area contributed by atoms with Crippen molar-refractivity contribution in [3.05, 3.63) is 35.2 Å². The average molecular weight is 306 g/mol. The van der Waals surface area contributed by atoms with Crippen LogP contribution in [0.5, 0.6) is 5.75 Å². The molecule has 0 aliphatic carbocycles. The minimum Gasteiger partial charge on any atom is -0.494 e. The van der Waals surface area contributed by atoms with Gasteiger partial charge in [-0.15, -0.1) is 0 Å². The van der Waals surface area contributed by atoms with Gasteiger partial charge in [0.25, 0.3) is 5.91 Å². The van der Waals surface area contributed by atoms with E-state index >= 15 is 0 Å². The van der Waals surface area contributed by atoms with Gasteiger partial charge in [-0.05, 0) is 43.0 Å². The number of amidine groups is 1. The Hall–Kier alpha value is -2.28. The van der Waals surface area contributed by atoms with Gasteiger partial charge in [0.2, 0.25) is 0 Å². The molecule has 2 rings (SSSR count). The predicted octanol–water partition coefficient (Wildman–Crippen LogP) is 1.99. The second-order valence-electron chi connectivity index (χ2n) is 3.93. The number of nitrogens with zero attached hydrogens (tertiary/aromatic N) is 1. The maximum Gasteiger partial charge on any atom is 0.331 e. The lowest BCUT2D eigenvalue weighted by Crippen LogP contribution is -2.19. The highest BCUT2D eigenvalue weighted by atomic mass is 32.2. The number of aliphatic imine (C=N–C) groups is 1. The first-order chi connectivity index (χ1) is 10.1. The lowest BCUT2D eigenvalue weighted by Gasteiger charge is -2.02. The maximum absolute atomic E-state index is 11.7. The SMILES string of the molecule is CCOc1ccc(N=C2NC(=O)/C(=C\C(=O)OC)S2)cc1. The summed E-state index contributed by atoms with van der Waals surface area (Å²) in [6.45, 7) is 2.51. The van der Waals surface area contributed by atoms with E-state index in [0.29, 0.717) is 17.5 Å². The first-order valence-corrected chi connectivity index (χ1v) is 7.04. The first kappa shape index (κ1) is 15.1. The molecular weight excluding hydrogens is 292 g/mol. The molecule has 1 aliphatic heterocycles. The van der Waals surface area contributed by atoms with Crippen LogP contribution < -0.4 is 10.1 Å². The molecule has 0 atom stereocenters. The standard InChI is InChI=1S/C14H14N2O4S/c1-3-20-10-6-4-9(5-7-10)15-14-16-13(18)11(21-14)8-12(17)19-2/h4-8H,3H2,1-2H3,(H,15,16,18)/b11-8+. The molecule has 6 nitrogen and oxygen atoms in total. The minimum atomic E-state index is -0.574. The molecule has 7 heteroatoms. The Labute approximate surface area is 126 Å². The molecule has 1 N–H and O–H groups in total. The van der Waals surface area contributed by atoms with Crippen molar-refractivity contribution in [3.8, 4) is 5.75 Å². The van der Waals surface area contributed by atoms with Crippen molar-refractivity contribution in [2.24, 2.45) is 4.99 Å². The molecule has 1 heterocycles. The van der Waals surface area contributed by atoms with Gasteiger partial charge < -0.3 is 14.8 Å². The van der Waals surface area contributed by atoms with Crippen molar-refractivity contribution in [2.75, 3.05) is 13.7 Å². The molecule has 21 heavy (non-hydrogen) atoms. The van der Waals surface area contributed by atoms with Crippen LogP contribution in [0.25, 0.3) is 0 Å². The van der Waals surface area contributed by atoms with Crippen molar-refractivity contribution >= 4 is 34.5 Å². The fourth-order valence-electron chi connectivity index (χ4n) is 1.55. The molecule has 110 valence electrons. The van der Waals surface area contributed by atoms with Crippen LogP contribution in [-0.4, -0.2) is 30.8 Å². The van der Waals surface area contributed by atoms with Gasteiger partial charge in [-0.2, -0.15) is 0 Å². The number of nitrogens with one attached hydrogen (secondary N) is 1. The van der Waals surface area contributed by atoms with Crippen LogP contribution in [0.3, 0.4) is 0 Å². The number of hydrogen-bond acceptors (Lipinski definition) is 6. The summed E-state index contributed by atoms with van der Waals surface area (Å²) < 4.78 is 9.82. The smallest absolute Gasteiger partial charge is 0.331 e. The second kappa shape index (κ2) is 6.94. The molecule has 1 fully saturated rings. The predicted molar refractivity (Wildman–Crippen MR) is 80.5 cm³/mol. The fraction of sp³-hybridized carbons (Fsp3) is 0.214. The van der Waals surface area contributed by atoms with Crippen LogP contribution >= 0.6 is 11.8 Å². The average Bonchev–Trinajstić information content (AvgIpc) is 2.81. The van der Waals surface area contributed by atoms with Crippen LogP contribution in [0.15, 0.2) is 40.2 Å². The molecule has 1 aromatic carbocycles. The number of carbonyl (C=O) groups excluding carboxylic acids is 2. The lowest BCUT2D eigenvalue weighted by atomic mass is 10.3. The van der Waals surface area contributed by atoms with Crippen molar-refractivity contribution < 1.29 is 19.1 Å². The number of benzene rings is 1. The number of carbonyl (C=O) groups is 2. The number of ether oxygens (including phenoxy) is 2. The van der Waals surface area contributed by atoms with Crippen LogP contribution in [0.2, 0.25) is 0 Å². The number of esters is 1. The van der Waals surface area contributed by atoms with Gasteiger partial charge >= 0.3 is 5.97 Å². The fourth-order valence-corrected chi connectivity index (χ4v) is 2.35. The summed E-state index contributed by atoms with van der Waals surface area (Å²) in [5.74, 6) is -0.180. The third kappa shape index (κ3) is 4.09. The van der Waals surface area contributed by atoms with E-state index in [1.165, 1.54) is 7.11 Å². The summed E-state index contributed by atoms with van der Waals surface area (Å²) in [6.07, 6.45) is 1.14. The first-order valence-electron chi connectivity index (χ1n) is 6.22. The van der Waals surface area contributed by atoms with Crippen molar-refractivity contribution in [1.82, 2.24) is 5.32 Å². The van der Waals surface area contributed by atoms with Crippen molar-refractivity contribution in [3.63, 3.8) is 0 Å². The molecule has 1 aliphatic rings. The molecule has 0 spiro atoms. The van der Waals surface area contributed by atoms with E-state index in [9.17, 15) is 9.59 Å². The zero-order valence-corrected chi connectivity index (χ0v) is 12.4. The van der Waals surface area contributed by atoms with E-state index in [0.717, 1.165) is 23.6 Å². The summed E-state index contributed by atoms with van der Waals surface area (Å²) in [6, 6.07) is 7.17. The number of thioether (sulfide) groups is 1. The molecule has 0 aromatic heterocycles. The molecular formula is C14H14N2O4S. The van der Waals surface area contributed by atoms with Gasteiger partial charge in [-0.25, -0.2) is 9.79 Å². The Morgan fingerprint density at radius 3 is 2.71 bits per heavy atom. The van der Waals surface area contributed by atoms with E-state index in [1.807, 2.05) is 6.92 Å². The minimum absolute atomic E-state index is 0.256. The summed E-state index contributed by atoms with van der Waals surface area (Å²) in [4.78, 5) is 27.3. The zero-order valence-electron chi connectivity index (χ0n) is 11.6. The van der Waals surface area contributed by atoms with E-state index < -0.39 is 5.97 Å². The summed E-state index contributed by atoms with van der Waals surface area (Å²) in [5.41, 5.74) is 0.681. The molecule has 0 unspecified atom stereocenters. The molecule has 0 bridgehead atoms. The van der Waals surface area contributed by atoms with Crippen LogP contribution in [0, 0.1) is 0 Å².